The van der Waals surface area contributed by atoms with Crippen molar-refractivity contribution in [1.82, 2.24) is 10.6 Å². The van der Waals surface area contributed by atoms with Crippen molar-refractivity contribution in [3.8, 4) is 0 Å². The van der Waals surface area contributed by atoms with Crippen molar-refractivity contribution in [1.29, 1.82) is 0 Å². The average Bonchev–Trinajstić information content (AvgIpc) is 2.57. The minimum absolute atomic E-state index is 0.214. The molecule has 4 N–H and O–H groups in total. The molecule has 0 saturated heterocycles. The van der Waals surface area contributed by atoms with Crippen molar-refractivity contribution < 1.29 is 29.3 Å². The molecule has 188 valence electrons. The Morgan fingerprint density at radius 2 is 0.938 bits per heavy atom. The molecule has 32 heavy (non-hydrogen) atoms. The van der Waals surface area contributed by atoms with Crippen LogP contribution in [-0.4, -0.2) is 56.9 Å². The molecule has 2 fully saturated rings. The summed E-state index contributed by atoms with van der Waals surface area (Å²) in [6, 6.07) is 0. The van der Waals surface area contributed by atoms with E-state index in [1.54, 1.807) is 0 Å². The predicted molar refractivity (Wildman–Crippen MR) is 124 cm³/mol. The number of alkyl carbamates (subject to hydrolysis) is 2. The Labute approximate surface area is 193 Å². The van der Waals surface area contributed by atoms with E-state index in [0.717, 1.165) is 51.4 Å². The third kappa shape index (κ3) is 11.9. The van der Waals surface area contributed by atoms with E-state index in [-0.39, 0.29) is 35.5 Å². The Hall–Kier alpha value is -1.54. The first-order valence-electron chi connectivity index (χ1n) is 11.8. The van der Waals surface area contributed by atoms with Crippen LogP contribution in [0.5, 0.6) is 0 Å². The van der Waals surface area contributed by atoms with Gasteiger partial charge in [0.1, 0.15) is 11.2 Å². The Kier molecular flexibility index (Phi) is 9.84. The molecule has 0 spiro atoms. The van der Waals surface area contributed by atoms with Gasteiger partial charge in [0.25, 0.3) is 0 Å². The first-order valence-corrected chi connectivity index (χ1v) is 11.8. The summed E-state index contributed by atoms with van der Waals surface area (Å²) < 4.78 is 10.4. The van der Waals surface area contributed by atoms with Gasteiger partial charge in [0, 0.05) is 11.1 Å². The van der Waals surface area contributed by atoms with Crippen molar-refractivity contribution >= 4 is 12.2 Å². The zero-order valence-electron chi connectivity index (χ0n) is 21.3. The maximum atomic E-state index is 11.6. The molecule has 0 unspecified atom stereocenters. The molecule has 2 aliphatic carbocycles. The van der Waals surface area contributed by atoms with Crippen LogP contribution in [0.2, 0.25) is 0 Å². The van der Waals surface area contributed by atoms with Gasteiger partial charge in [-0.1, -0.05) is 0 Å². The van der Waals surface area contributed by atoms with Gasteiger partial charge in [-0.3, -0.25) is 0 Å². The van der Waals surface area contributed by atoms with E-state index in [2.05, 4.69) is 10.6 Å². The molecule has 0 aromatic heterocycles. The summed E-state index contributed by atoms with van der Waals surface area (Å²) in [4.78, 5) is 23.2. The molecule has 0 heterocycles. The Balaban J connectivity index is 0.000000320. The highest BCUT2D eigenvalue weighted by Gasteiger charge is 2.34. The van der Waals surface area contributed by atoms with Crippen LogP contribution < -0.4 is 10.6 Å². The Morgan fingerprint density at radius 3 is 1.16 bits per heavy atom. The van der Waals surface area contributed by atoms with E-state index in [0.29, 0.717) is 0 Å². The molecule has 0 aromatic carbocycles. The summed E-state index contributed by atoms with van der Waals surface area (Å²) >= 11 is 0. The van der Waals surface area contributed by atoms with Crippen LogP contribution in [0.15, 0.2) is 0 Å². The second-order valence-corrected chi connectivity index (χ2v) is 11.8. The molecule has 8 heteroatoms. The van der Waals surface area contributed by atoms with Crippen LogP contribution in [0, 0.1) is 0 Å². The predicted octanol–water partition coefficient (Wildman–Crippen LogP) is 4.41. The monoisotopic (exact) mass is 458 g/mol. The number of hydrogen-bond acceptors (Lipinski definition) is 6. The van der Waals surface area contributed by atoms with Gasteiger partial charge < -0.3 is 30.3 Å². The van der Waals surface area contributed by atoms with Gasteiger partial charge >= 0.3 is 12.2 Å². The van der Waals surface area contributed by atoms with Crippen molar-refractivity contribution in [3.63, 3.8) is 0 Å². The van der Waals surface area contributed by atoms with E-state index < -0.39 is 11.2 Å². The molecule has 0 aromatic rings. The van der Waals surface area contributed by atoms with Crippen LogP contribution >= 0.6 is 0 Å². The first-order chi connectivity index (χ1) is 14.4. The summed E-state index contributed by atoms with van der Waals surface area (Å²) in [5.74, 6) is 0. The number of hydrogen-bond donors (Lipinski definition) is 4. The topological polar surface area (TPSA) is 117 Å². The quantitative estimate of drug-likeness (QED) is 0.487. The summed E-state index contributed by atoms with van der Waals surface area (Å²) in [6.45, 7) is 15.1. The van der Waals surface area contributed by atoms with Gasteiger partial charge in [0.2, 0.25) is 0 Å². The van der Waals surface area contributed by atoms with Crippen LogP contribution in [0.4, 0.5) is 9.59 Å². The fraction of sp³-hybridized carbons (Fsp3) is 0.917. The van der Waals surface area contributed by atoms with Crippen molar-refractivity contribution in [2.45, 2.75) is 141 Å². The molecule has 2 amide bonds. The number of carbonyl (C=O) groups excluding carboxylic acids is 2. The fourth-order valence-corrected chi connectivity index (χ4v) is 3.83. The smallest absolute Gasteiger partial charge is 0.408 e. The average molecular weight is 459 g/mol. The normalized spacial score (nSPS) is 30.9. The molecule has 8 nitrogen and oxygen atoms in total. The molecule has 0 aliphatic heterocycles. The number of amides is 2. The minimum atomic E-state index is -0.464. The molecule has 0 bridgehead atoms. The maximum absolute atomic E-state index is 11.6. The number of ether oxygens (including phenoxy) is 2. The van der Waals surface area contributed by atoms with Crippen molar-refractivity contribution in [2.75, 3.05) is 0 Å². The van der Waals surface area contributed by atoms with Crippen LogP contribution in [0.1, 0.15) is 107 Å². The number of aliphatic hydroxyl groups excluding tert-OH is 2. The second kappa shape index (κ2) is 11.1. The van der Waals surface area contributed by atoms with E-state index in [9.17, 15) is 19.8 Å². The molecule has 0 radical (unpaired) electrons. The van der Waals surface area contributed by atoms with Crippen LogP contribution in [-0.2, 0) is 9.47 Å². The van der Waals surface area contributed by atoms with Gasteiger partial charge in [-0.05, 0) is 107 Å². The molecule has 0 atom stereocenters. The van der Waals surface area contributed by atoms with Gasteiger partial charge in [-0.15, -0.1) is 0 Å². The lowest BCUT2D eigenvalue weighted by molar-refractivity contribution is 0.0357. The van der Waals surface area contributed by atoms with Crippen molar-refractivity contribution in [2.24, 2.45) is 0 Å². The number of aliphatic hydroxyl groups is 2. The van der Waals surface area contributed by atoms with Gasteiger partial charge in [-0.25, -0.2) is 9.59 Å². The third-order valence-electron chi connectivity index (χ3n) is 5.72. The highest BCUT2D eigenvalue weighted by atomic mass is 16.6. The fourth-order valence-electron chi connectivity index (χ4n) is 3.83. The van der Waals surface area contributed by atoms with Crippen molar-refractivity contribution in [3.05, 3.63) is 0 Å². The van der Waals surface area contributed by atoms with E-state index in [1.165, 1.54) is 0 Å². The molecule has 2 rings (SSSR count). The highest BCUT2D eigenvalue weighted by Crippen LogP contribution is 2.29. The van der Waals surface area contributed by atoms with Crippen LogP contribution in [0.3, 0.4) is 0 Å². The lowest BCUT2D eigenvalue weighted by Crippen LogP contribution is -2.50. The summed E-state index contributed by atoms with van der Waals surface area (Å²) in [5, 5.41) is 24.6. The lowest BCUT2D eigenvalue weighted by atomic mass is 9.82. The number of nitrogens with one attached hydrogen (secondary N) is 2. The lowest BCUT2D eigenvalue weighted by Gasteiger charge is -2.36. The van der Waals surface area contributed by atoms with Gasteiger partial charge in [0.15, 0.2) is 0 Å². The Bertz CT molecular complexity index is 553. The second-order valence-electron chi connectivity index (χ2n) is 11.8. The minimum Gasteiger partial charge on any atom is -0.444 e. The zero-order valence-corrected chi connectivity index (χ0v) is 21.3. The molecular formula is C24H46N2O6. The van der Waals surface area contributed by atoms with E-state index >= 15 is 0 Å². The first kappa shape index (κ1) is 28.5. The third-order valence-corrected chi connectivity index (χ3v) is 5.72. The zero-order chi connectivity index (χ0) is 24.8. The number of rotatable bonds is 2. The summed E-state index contributed by atoms with van der Waals surface area (Å²) in [6.07, 6.45) is 5.00. The van der Waals surface area contributed by atoms with Gasteiger partial charge in [0.05, 0.1) is 12.2 Å². The van der Waals surface area contributed by atoms with E-state index in [4.69, 9.17) is 9.47 Å². The maximum Gasteiger partial charge on any atom is 0.408 e. The Morgan fingerprint density at radius 1 is 0.688 bits per heavy atom. The standard InChI is InChI=1S/2C12H23NO3/c2*1-11(2,3)16-10(15)13-12(4)7-5-9(14)6-8-12/h2*9,14H,5-8H2,1-4H3,(H,13,15). The summed E-state index contributed by atoms with van der Waals surface area (Å²) in [7, 11) is 0. The van der Waals surface area contributed by atoms with E-state index in [1.807, 2.05) is 55.4 Å². The molecule has 2 saturated carbocycles. The molecular weight excluding hydrogens is 412 g/mol. The molecule has 2 aliphatic rings. The highest BCUT2D eigenvalue weighted by molar-refractivity contribution is 5.69. The number of carbonyl (C=O) groups is 2. The summed E-state index contributed by atoms with van der Waals surface area (Å²) in [5.41, 5.74) is -1.40. The largest absolute Gasteiger partial charge is 0.444 e. The SMILES string of the molecule is CC1(NC(=O)OC(C)(C)C)CCC(O)CC1.CC1(NC(=O)OC(C)(C)C)CCC(O)CC1. The van der Waals surface area contributed by atoms with Crippen LogP contribution in [0.25, 0.3) is 0 Å². The van der Waals surface area contributed by atoms with Gasteiger partial charge in [-0.2, -0.15) is 0 Å².